The van der Waals surface area contributed by atoms with Gasteiger partial charge in [-0.05, 0) is 62.7 Å². The Kier molecular flexibility index (Phi) is 6.83. The smallest absolute Gasteiger partial charge is 0.374 e. The molecule has 0 radical (unpaired) electrons. The maximum Gasteiger partial charge on any atom is 0.374 e. The first-order chi connectivity index (χ1) is 11.9. The molecule has 2 rings (SSSR count). The quantitative estimate of drug-likeness (QED) is 0.410. The predicted octanol–water partition coefficient (Wildman–Crippen LogP) is 4.63. The molecule has 0 heterocycles. The zero-order valence-electron chi connectivity index (χ0n) is 14.4. The van der Waals surface area contributed by atoms with Gasteiger partial charge in [0.05, 0.1) is 5.71 Å². The van der Waals surface area contributed by atoms with Gasteiger partial charge in [0.25, 0.3) is 0 Å². The number of oxime groups is 1. The van der Waals surface area contributed by atoms with Gasteiger partial charge in [0, 0.05) is 5.02 Å². The van der Waals surface area contributed by atoms with Crippen LogP contribution in [0.2, 0.25) is 5.02 Å². The highest BCUT2D eigenvalue weighted by atomic mass is 35.5. The van der Waals surface area contributed by atoms with E-state index >= 15 is 0 Å². The molecule has 0 saturated heterocycles. The van der Waals surface area contributed by atoms with E-state index in [0.717, 1.165) is 11.3 Å². The Hall–Kier alpha value is -2.53. The van der Waals surface area contributed by atoms with Crippen LogP contribution in [0.5, 0.6) is 11.5 Å². The molecule has 1 unspecified atom stereocenters. The molecule has 6 heteroatoms. The van der Waals surface area contributed by atoms with Gasteiger partial charge in [-0.1, -0.05) is 28.9 Å². The number of hydrogen-bond donors (Lipinski definition) is 0. The summed E-state index contributed by atoms with van der Waals surface area (Å²) in [5.41, 5.74) is 1.63. The molecule has 0 saturated carbocycles. The van der Waals surface area contributed by atoms with E-state index in [0.29, 0.717) is 23.1 Å². The molecule has 0 N–H and O–H groups in total. The Labute approximate surface area is 152 Å². The number of carbonyl (C=O) groups excluding carboxylic acids is 1. The van der Waals surface area contributed by atoms with Gasteiger partial charge in [-0.3, -0.25) is 0 Å². The van der Waals surface area contributed by atoms with Gasteiger partial charge in [-0.15, -0.1) is 0 Å². The van der Waals surface area contributed by atoms with Crippen LogP contribution in [0.3, 0.4) is 0 Å². The van der Waals surface area contributed by atoms with Gasteiger partial charge in [0.15, 0.2) is 6.10 Å². The topological polar surface area (TPSA) is 57.1 Å². The summed E-state index contributed by atoms with van der Waals surface area (Å²) in [4.78, 5) is 16.5. The van der Waals surface area contributed by atoms with E-state index in [1.807, 2.05) is 24.3 Å². The third-order valence-electron chi connectivity index (χ3n) is 3.11. The van der Waals surface area contributed by atoms with E-state index in [-0.39, 0.29) is 0 Å². The number of halogens is 1. The van der Waals surface area contributed by atoms with Crippen LogP contribution in [-0.2, 0) is 16.2 Å². The van der Waals surface area contributed by atoms with Gasteiger partial charge >= 0.3 is 5.97 Å². The Bertz CT molecular complexity index is 722. The molecule has 0 fully saturated rings. The van der Waals surface area contributed by atoms with Crippen molar-refractivity contribution in [3.63, 3.8) is 0 Å². The van der Waals surface area contributed by atoms with Crippen LogP contribution in [-0.4, -0.2) is 17.8 Å². The first-order valence-corrected chi connectivity index (χ1v) is 8.18. The molecule has 25 heavy (non-hydrogen) atoms. The number of carbonyl (C=O) groups is 1. The summed E-state index contributed by atoms with van der Waals surface area (Å²) in [7, 11) is 0. The Balaban J connectivity index is 1.85. The summed E-state index contributed by atoms with van der Waals surface area (Å²) in [6.07, 6.45) is -0.751. The Morgan fingerprint density at radius 1 is 1.04 bits per heavy atom. The third kappa shape index (κ3) is 6.47. The van der Waals surface area contributed by atoms with Crippen molar-refractivity contribution in [2.75, 3.05) is 0 Å². The second-order valence-electron chi connectivity index (χ2n) is 5.60. The minimum absolute atomic E-state index is 0.421. The van der Waals surface area contributed by atoms with Crippen molar-refractivity contribution < 1.29 is 19.1 Å². The molecule has 0 aliphatic heterocycles. The highest BCUT2D eigenvalue weighted by molar-refractivity contribution is 6.30. The molecule has 0 aliphatic rings. The zero-order chi connectivity index (χ0) is 18.2. The summed E-state index contributed by atoms with van der Waals surface area (Å²) in [5.74, 6) is 0.765. The van der Waals surface area contributed by atoms with E-state index in [1.54, 1.807) is 45.0 Å². The van der Waals surface area contributed by atoms with Crippen molar-refractivity contribution in [3.05, 3.63) is 59.1 Å². The highest BCUT2D eigenvalue weighted by Crippen LogP contribution is 2.19. The molecule has 0 amide bonds. The van der Waals surface area contributed by atoms with Crippen LogP contribution >= 0.6 is 11.6 Å². The lowest BCUT2D eigenvalue weighted by atomic mass is 10.2. The molecule has 2 aromatic rings. The van der Waals surface area contributed by atoms with E-state index in [9.17, 15) is 4.79 Å². The van der Waals surface area contributed by atoms with Gasteiger partial charge in [-0.2, -0.15) is 0 Å². The minimum atomic E-state index is -0.751. The van der Waals surface area contributed by atoms with Crippen LogP contribution in [0, 0.1) is 0 Å². The van der Waals surface area contributed by atoms with Crippen molar-refractivity contribution in [3.8, 4) is 11.5 Å². The lowest BCUT2D eigenvalue weighted by molar-refractivity contribution is -0.151. The largest absolute Gasteiger partial charge is 0.489 e. The fourth-order valence-electron chi connectivity index (χ4n) is 1.82. The van der Waals surface area contributed by atoms with E-state index in [1.165, 1.54) is 0 Å². The Morgan fingerprint density at radius 3 is 2.24 bits per heavy atom. The van der Waals surface area contributed by atoms with Gasteiger partial charge in [0.1, 0.15) is 18.1 Å². The molecule has 5 nitrogen and oxygen atoms in total. The zero-order valence-corrected chi connectivity index (χ0v) is 15.1. The van der Waals surface area contributed by atoms with E-state index < -0.39 is 12.1 Å². The standard InChI is InChI=1S/C19H20ClNO4/c1-13(2)21-25-19(22)14(3)24-18-8-4-15(5-9-18)12-23-17-10-6-16(20)7-11-17/h4-11,14H,12H2,1-3H3. The first kappa shape index (κ1) is 18.8. The number of hydrogen-bond acceptors (Lipinski definition) is 5. The van der Waals surface area contributed by atoms with Crippen LogP contribution in [0.1, 0.15) is 26.3 Å². The fraction of sp³-hybridized carbons (Fsp3) is 0.263. The molecule has 0 bridgehead atoms. The van der Waals surface area contributed by atoms with E-state index in [2.05, 4.69) is 5.16 Å². The average molecular weight is 362 g/mol. The average Bonchev–Trinajstić information content (AvgIpc) is 2.60. The molecular formula is C19H20ClNO4. The normalized spacial score (nSPS) is 11.4. The van der Waals surface area contributed by atoms with Crippen molar-refractivity contribution in [2.45, 2.75) is 33.5 Å². The number of benzene rings is 2. The first-order valence-electron chi connectivity index (χ1n) is 7.80. The second-order valence-corrected chi connectivity index (χ2v) is 6.03. The van der Waals surface area contributed by atoms with Crippen molar-refractivity contribution in [2.24, 2.45) is 5.16 Å². The van der Waals surface area contributed by atoms with Crippen molar-refractivity contribution >= 4 is 23.3 Å². The second kappa shape index (κ2) is 9.08. The lowest BCUT2D eigenvalue weighted by Crippen LogP contribution is -2.24. The summed E-state index contributed by atoms with van der Waals surface area (Å²) < 4.78 is 11.2. The minimum Gasteiger partial charge on any atom is -0.489 e. The van der Waals surface area contributed by atoms with Crippen LogP contribution in [0.4, 0.5) is 0 Å². The number of nitrogens with zero attached hydrogens (tertiary/aromatic N) is 1. The molecule has 1 atom stereocenters. The van der Waals surface area contributed by atoms with Gasteiger partial charge in [-0.25, -0.2) is 4.79 Å². The summed E-state index contributed by atoms with van der Waals surface area (Å²) in [5, 5.41) is 4.29. The summed E-state index contributed by atoms with van der Waals surface area (Å²) >= 11 is 5.84. The number of ether oxygens (including phenoxy) is 2. The molecular weight excluding hydrogens is 342 g/mol. The molecule has 0 aromatic heterocycles. The molecule has 0 aliphatic carbocycles. The predicted molar refractivity (Wildman–Crippen MR) is 97.2 cm³/mol. The highest BCUT2D eigenvalue weighted by Gasteiger charge is 2.16. The van der Waals surface area contributed by atoms with Gasteiger partial charge < -0.3 is 14.3 Å². The fourth-order valence-corrected chi connectivity index (χ4v) is 1.95. The SMILES string of the molecule is CC(C)=NOC(=O)C(C)Oc1ccc(COc2ccc(Cl)cc2)cc1. The maximum atomic E-state index is 11.7. The molecule has 0 spiro atoms. The van der Waals surface area contributed by atoms with E-state index in [4.69, 9.17) is 25.9 Å². The summed E-state index contributed by atoms with van der Waals surface area (Å²) in [6.45, 7) is 5.51. The number of rotatable bonds is 7. The van der Waals surface area contributed by atoms with Crippen LogP contribution in [0.25, 0.3) is 0 Å². The maximum absolute atomic E-state index is 11.7. The molecule has 132 valence electrons. The van der Waals surface area contributed by atoms with Crippen molar-refractivity contribution in [1.29, 1.82) is 0 Å². The van der Waals surface area contributed by atoms with Crippen LogP contribution < -0.4 is 9.47 Å². The van der Waals surface area contributed by atoms with Crippen molar-refractivity contribution in [1.82, 2.24) is 0 Å². The molecule has 2 aromatic carbocycles. The monoisotopic (exact) mass is 361 g/mol. The van der Waals surface area contributed by atoms with Gasteiger partial charge in [0.2, 0.25) is 0 Å². The Morgan fingerprint density at radius 2 is 1.64 bits per heavy atom. The third-order valence-corrected chi connectivity index (χ3v) is 3.36. The lowest BCUT2D eigenvalue weighted by Gasteiger charge is -2.12. The van der Waals surface area contributed by atoms with Crippen LogP contribution in [0.15, 0.2) is 53.7 Å². The summed E-state index contributed by atoms with van der Waals surface area (Å²) in [6, 6.07) is 14.5.